The zero-order valence-corrected chi connectivity index (χ0v) is 21.4. The van der Waals surface area contributed by atoms with Crippen LogP contribution >= 0.6 is 0 Å². The van der Waals surface area contributed by atoms with Crippen molar-refractivity contribution in [3.8, 4) is 0 Å². The van der Waals surface area contributed by atoms with Crippen molar-refractivity contribution in [2.75, 3.05) is 72.0 Å². The lowest BCUT2D eigenvalue weighted by Gasteiger charge is -2.51. The number of nitrogens with zero attached hydrogens (tertiary/aromatic N) is 4. The summed E-state index contributed by atoms with van der Waals surface area (Å²) in [6, 6.07) is -0.909. The Kier molecular flexibility index (Phi) is 7.14. The van der Waals surface area contributed by atoms with Crippen LogP contribution in [-0.2, 0) is 9.59 Å². The number of rotatable bonds is 4. The Bertz CT molecular complexity index is 853. The fourth-order valence-electron chi connectivity index (χ4n) is 7.45. The molecular weight excluding hydrogens is 484 g/mol. The molecule has 0 radical (unpaired) electrons. The van der Waals surface area contributed by atoms with E-state index in [-0.39, 0.29) is 36.9 Å². The van der Waals surface area contributed by atoms with E-state index >= 15 is 4.39 Å². The van der Waals surface area contributed by atoms with Gasteiger partial charge in [0, 0.05) is 52.4 Å². The Morgan fingerprint density at radius 1 is 0.946 bits per heavy atom. The molecule has 7 saturated heterocycles. The quantitative estimate of drug-likeness (QED) is 0.269. The minimum absolute atomic E-state index is 0.165. The molecule has 7 aliphatic rings. The highest BCUT2D eigenvalue weighted by atomic mass is 19.1. The van der Waals surface area contributed by atoms with Crippen molar-refractivity contribution in [3.05, 3.63) is 0 Å². The third-order valence-electron chi connectivity index (χ3n) is 9.63. The first-order valence-electron chi connectivity index (χ1n) is 13.9. The number of nitrogens with two attached hydrogens (primary N) is 1. The number of fused-ring (bicyclic) bond motifs is 4. The number of amides is 2. The van der Waals surface area contributed by atoms with Gasteiger partial charge in [-0.15, -0.1) is 0 Å². The van der Waals surface area contributed by atoms with E-state index in [1.807, 2.05) is 4.90 Å². The molecule has 0 aromatic carbocycles. The highest BCUT2D eigenvalue weighted by Crippen LogP contribution is 2.41. The molecule has 37 heavy (non-hydrogen) atoms. The molecule has 7 rings (SSSR count). The second-order valence-corrected chi connectivity index (χ2v) is 11.8. The summed E-state index contributed by atoms with van der Waals surface area (Å²) in [5, 5.41) is 10.9. The van der Waals surface area contributed by atoms with Crippen LogP contribution in [0.15, 0.2) is 0 Å². The summed E-state index contributed by atoms with van der Waals surface area (Å²) in [5.41, 5.74) is 9.00. The van der Waals surface area contributed by atoms with E-state index in [1.165, 1.54) is 0 Å². The van der Waals surface area contributed by atoms with Crippen molar-refractivity contribution in [1.82, 2.24) is 41.1 Å². The van der Waals surface area contributed by atoms with Gasteiger partial charge in [0.1, 0.15) is 12.3 Å². The summed E-state index contributed by atoms with van der Waals surface area (Å²) in [6.07, 6.45) is -0.407. The van der Waals surface area contributed by atoms with Crippen LogP contribution in [0.5, 0.6) is 0 Å². The Hall–Kier alpha value is -1.48. The Morgan fingerprint density at radius 3 is 2.35 bits per heavy atom. The predicted octanol–water partition coefficient (Wildman–Crippen LogP) is -2.60. The average Bonchev–Trinajstić information content (AvgIpc) is 3.24. The molecule has 0 aromatic rings. The normalized spacial score (nSPS) is 45.0. The van der Waals surface area contributed by atoms with E-state index in [9.17, 15) is 14.0 Å². The maximum absolute atomic E-state index is 15.3. The van der Waals surface area contributed by atoms with Crippen LogP contribution in [0.4, 0.5) is 8.78 Å². The number of alkyl halides is 2. The standard InChI is InChI=1S/C24H41F2N9O2/c25-15-11-29-21-18(20(27)31-35(21)14-15)22(36)30-17-13-28-12-16(26)19(17)33-7-9-34(10-8-33)23(37)24-1-4-32(5-2-24)6-3-24/h15-21,28-29,31H,1-14,27H2,(H,30,36). The van der Waals surface area contributed by atoms with Crippen LogP contribution in [-0.4, -0.2) is 140 Å². The van der Waals surface area contributed by atoms with Crippen LogP contribution in [0.1, 0.15) is 19.3 Å². The number of hydrogen-bond donors (Lipinski definition) is 5. The van der Waals surface area contributed by atoms with Crippen molar-refractivity contribution < 1.29 is 18.4 Å². The SMILES string of the molecule is NC1NN2CC(F)CNC2C1C(=O)NC1CNCC(F)C1N1CCN(C(=O)C23CCN(CC2)CC3)CC1. The third kappa shape index (κ3) is 4.77. The molecule has 13 heteroatoms. The molecule has 208 valence electrons. The van der Waals surface area contributed by atoms with Gasteiger partial charge >= 0.3 is 0 Å². The second-order valence-electron chi connectivity index (χ2n) is 11.8. The number of halogens is 2. The van der Waals surface area contributed by atoms with Gasteiger partial charge in [-0.2, -0.15) is 0 Å². The molecule has 6 N–H and O–H groups in total. The van der Waals surface area contributed by atoms with Gasteiger partial charge in [-0.1, -0.05) is 0 Å². The Morgan fingerprint density at radius 2 is 1.65 bits per heavy atom. The topological polar surface area (TPSA) is 121 Å². The van der Waals surface area contributed by atoms with Gasteiger partial charge in [0.25, 0.3) is 0 Å². The first kappa shape index (κ1) is 25.8. The fraction of sp³-hybridized carbons (Fsp3) is 0.917. The van der Waals surface area contributed by atoms with E-state index in [0.29, 0.717) is 32.7 Å². The summed E-state index contributed by atoms with van der Waals surface area (Å²) < 4.78 is 29.1. The largest absolute Gasteiger partial charge is 0.350 e. The molecule has 2 bridgehead atoms. The van der Waals surface area contributed by atoms with Crippen molar-refractivity contribution in [2.24, 2.45) is 17.1 Å². The van der Waals surface area contributed by atoms with Crippen LogP contribution < -0.4 is 27.1 Å². The zero-order valence-electron chi connectivity index (χ0n) is 21.4. The number of piperazine rings is 1. The van der Waals surface area contributed by atoms with Crippen molar-refractivity contribution in [3.63, 3.8) is 0 Å². The van der Waals surface area contributed by atoms with E-state index in [0.717, 1.165) is 38.9 Å². The molecule has 7 unspecified atom stereocenters. The monoisotopic (exact) mass is 525 g/mol. The van der Waals surface area contributed by atoms with Crippen molar-refractivity contribution >= 4 is 11.8 Å². The van der Waals surface area contributed by atoms with Gasteiger partial charge in [-0.3, -0.25) is 19.8 Å². The van der Waals surface area contributed by atoms with Crippen LogP contribution in [0, 0.1) is 11.3 Å². The van der Waals surface area contributed by atoms with Gasteiger partial charge in [0.05, 0.1) is 35.7 Å². The van der Waals surface area contributed by atoms with Crippen LogP contribution in [0.2, 0.25) is 0 Å². The van der Waals surface area contributed by atoms with Crippen molar-refractivity contribution in [2.45, 2.75) is 56.0 Å². The number of piperidine rings is 4. The van der Waals surface area contributed by atoms with E-state index < -0.39 is 42.7 Å². The van der Waals surface area contributed by atoms with Gasteiger partial charge in [0.15, 0.2) is 0 Å². The van der Waals surface area contributed by atoms with Crippen molar-refractivity contribution in [1.29, 1.82) is 0 Å². The van der Waals surface area contributed by atoms with Gasteiger partial charge < -0.3 is 26.2 Å². The van der Waals surface area contributed by atoms with Crippen LogP contribution in [0.3, 0.4) is 0 Å². The summed E-state index contributed by atoms with van der Waals surface area (Å²) >= 11 is 0. The summed E-state index contributed by atoms with van der Waals surface area (Å²) in [7, 11) is 0. The summed E-state index contributed by atoms with van der Waals surface area (Å²) in [4.78, 5) is 33.4. The molecule has 0 spiro atoms. The number of nitrogens with one attached hydrogen (secondary N) is 4. The Balaban J connectivity index is 1.08. The van der Waals surface area contributed by atoms with E-state index in [4.69, 9.17) is 5.73 Å². The predicted molar refractivity (Wildman–Crippen MR) is 132 cm³/mol. The zero-order chi connectivity index (χ0) is 25.7. The van der Waals surface area contributed by atoms with Crippen LogP contribution in [0.25, 0.3) is 0 Å². The molecule has 2 amide bonds. The van der Waals surface area contributed by atoms with E-state index in [1.54, 1.807) is 5.01 Å². The minimum atomic E-state index is -1.14. The smallest absolute Gasteiger partial charge is 0.229 e. The van der Waals surface area contributed by atoms with Gasteiger partial charge in [-0.25, -0.2) is 19.2 Å². The number of hydrazine groups is 1. The first-order chi connectivity index (χ1) is 17.8. The molecule has 7 fully saturated rings. The number of hydrogen-bond acceptors (Lipinski definition) is 9. The summed E-state index contributed by atoms with van der Waals surface area (Å²) in [6.45, 7) is 6.40. The second kappa shape index (κ2) is 10.2. The van der Waals surface area contributed by atoms with Gasteiger partial charge in [-0.05, 0) is 38.9 Å². The molecular formula is C24H41F2N9O2. The third-order valence-corrected chi connectivity index (χ3v) is 9.63. The minimum Gasteiger partial charge on any atom is -0.350 e. The summed E-state index contributed by atoms with van der Waals surface area (Å²) in [5.74, 6) is -0.607. The molecule has 7 atom stereocenters. The number of carbonyl (C=O) groups excluding carboxylic acids is 2. The highest BCUT2D eigenvalue weighted by molar-refractivity contribution is 5.83. The molecule has 0 aromatic heterocycles. The lowest BCUT2D eigenvalue weighted by atomic mass is 9.71. The average molecular weight is 526 g/mol. The molecule has 7 aliphatic heterocycles. The maximum Gasteiger partial charge on any atom is 0.229 e. The molecule has 11 nitrogen and oxygen atoms in total. The fourth-order valence-corrected chi connectivity index (χ4v) is 7.45. The molecule has 0 aliphatic carbocycles. The lowest BCUT2D eigenvalue weighted by Crippen LogP contribution is -2.69. The Labute approximate surface area is 216 Å². The first-order valence-corrected chi connectivity index (χ1v) is 13.9. The van der Waals surface area contributed by atoms with E-state index in [2.05, 4.69) is 31.2 Å². The van der Waals surface area contributed by atoms with Gasteiger partial charge in [0.2, 0.25) is 11.8 Å². The lowest BCUT2D eigenvalue weighted by molar-refractivity contribution is -0.152. The molecule has 0 saturated carbocycles. The maximum atomic E-state index is 15.3. The highest BCUT2D eigenvalue weighted by Gasteiger charge is 2.50. The molecule has 7 heterocycles. The number of carbonyl (C=O) groups is 2.